The number of nitrogens with zero attached hydrogens (tertiary/aromatic N) is 4. The lowest BCUT2D eigenvalue weighted by molar-refractivity contribution is 0.573. The Morgan fingerprint density at radius 2 is 2.00 bits per heavy atom. The summed E-state index contributed by atoms with van der Waals surface area (Å²) < 4.78 is 4.03. The fourth-order valence-corrected chi connectivity index (χ4v) is 2.63. The predicted octanol–water partition coefficient (Wildman–Crippen LogP) is 3.25. The summed E-state index contributed by atoms with van der Waals surface area (Å²) in [5, 5.41) is 7.85. The van der Waals surface area contributed by atoms with Gasteiger partial charge in [0.1, 0.15) is 5.82 Å². The maximum atomic E-state index is 4.30. The van der Waals surface area contributed by atoms with E-state index in [1.165, 1.54) is 11.1 Å². The predicted molar refractivity (Wildman–Crippen MR) is 91.5 cm³/mol. The molecular formula is C18H23N5. The third-order valence-corrected chi connectivity index (χ3v) is 4.12. The van der Waals surface area contributed by atoms with Crippen LogP contribution in [0, 0.1) is 6.92 Å². The van der Waals surface area contributed by atoms with Crippen LogP contribution in [0.15, 0.2) is 49.1 Å². The number of hydrogen-bond acceptors (Lipinski definition) is 3. The Kier molecular flexibility index (Phi) is 4.57. The van der Waals surface area contributed by atoms with E-state index >= 15 is 0 Å². The van der Waals surface area contributed by atoms with Crippen molar-refractivity contribution in [2.45, 2.75) is 39.9 Å². The van der Waals surface area contributed by atoms with Crippen molar-refractivity contribution < 1.29 is 0 Å². The smallest absolute Gasteiger partial charge is 0.110 e. The van der Waals surface area contributed by atoms with Crippen LogP contribution in [0.2, 0.25) is 0 Å². The molecule has 0 unspecified atom stereocenters. The molecule has 5 nitrogen and oxygen atoms in total. The van der Waals surface area contributed by atoms with Crippen molar-refractivity contribution in [1.29, 1.82) is 0 Å². The van der Waals surface area contributed by atoms with E-state index in [0.29, 0.717) is 0 Å². The third-order valence-electron chi connectivity index (χ3n) is 4.12. The first-order valence-electron chi connectivity index (χ1n) is 8.02. The molecule has 0 bridgehead atoms. The fourth-order valence-electron chi connectivity index (χ4n) is 2.63. The van der Waals surface area contributed by atoms with Crippen LogP contribution in [0.3, 0.4) is 0 Å². The normalized spacial score (nSPS) is 12.5. The Balaban J connectivity index is 1.63. The molecule has 23 heavy (non-hydrogen) atoms. The van der Waals surface area contributed by atoms with Crippen LogP contribution >= 0.6 is 0 Å². The van der Waals surface area contributed by atoms with E-state index in [2.05, 4.69) is 64.3 Å². The second-order valence-corrected chi connectivity index (χ2v) is 5.74. The van der Waals surface area contributed by atoms with Gasteiger partial charge >= 0.3 is 0 Å². The van der Waals surface area contributed by atoms with E-state index in [1.54, 1.807) is 0 Å². The van der Waals surface area contributed by atoms with Crippen molar-refractivity contribution in [1.82, 2.24) is 24.6 Å². The van der Waals surface area contributed by atoms with Gasteiger partial charge < -0.3 is 9.88 Å². The molecule has 0 radical (unpaired) electrons. The summed E-state index contributed by atoms with van der Waals surface area (Å²) in [6.07, 6.45) is 7.82. The summed E-state index contributed by atoms with van der Waals surface area (Å²) in [5.74, 6) is 0.997. The molecule has 2 aromatic heterocycles. The molecular weight excluding hydrogens is 286 g/mol. The average Bonchev–Trinajstić information content (AvgIpc) is 3.21. The van der Waals surface area contributed by atoms with Crippen molar-refractivity contribution in [3.05, 3.63) is 66.0 Å². The lowest BCUT2D eigenvalue weighted by Gasteiger charge is -2.14. The summed E-state index contributed by atoms with van der Waals surface area (Å²) >= 11 is 0. The highest BCUT2D eigenvalue weighted by Crippen LogP contribution is 2.17. The Morgan fingerprint density at radius 1 is 1.22 bits per heavy atom. The largest absolute Gasteiger partial charge is 0.306 e. The van der Waals surface area contributed by atoms with Crippen LogP contribution in [0.25, 0.3) is 5.69 Å². The first-order chi connectivity index (χ1) is 11.2. The summed E-state index contributed by atoms with van der Waals surface area (Å²) in [6.45, 7) is 8.01. The maximum Gasteiger partial charge on any atom is 0.110 e. The van der Waals surface area contributed by atoms with Gasteiger partial charge in [-0.15, -0.1) is 0 Å². The monoisotopic (exact) mass is 309 g/mol. The number of imidazole rings is 1. The Bertz CT molecular complexity index is 754. The van der Waals surface area contributed by atoms with E-state index in [9.17, 15) is 0 Å². The third kappa shape index (κ3) is 3.51. The van der Waals surface area contributed by atoms with E-state index in [4.69, 9.17) is 0 Å². The van der Waals surface area contributed by atoms with Gasteiger partial charge in [0.15, 0.2) is 0 Å². The molecule has 1 aromatic carbocycles. The van der Waals surface area contributed by atoms with Gasteiger partial charge in [0.2, 0.25) is 0 Å². The lowest BCUT2D eigenvalue weighted by atomic mass is 10.1. The minimum atomic E-state index is 0.290. The first-order valence-corrected chi connectivity index (χ1v) is 8.02. The molecule has 120 valence electrons. The average molecular weight is 309 g/mol. The van der Waals surface area contributed by atoms with Crippen LogP contribution < -0.4 is 5.32 Å². The Labute approximate surface area is 137 Å². The van der Waals surface area contributed by atoms with Gasteiger partial charge in [-0.25, -0.2) is 4.98 Å². The number of aromatic nitrogens is 4. The van der Waals surface area contributed by atoms with Crippen LogP contribution in [-0.4, -0.2) is 19.3 Å². The lowest BCUT2D eigenvalue weighted by Crippen LogP contribution is -2.17. The van der Waals surface area contributed by atoms with Gasteiger partial charge in [-0.2, -0.15) is 5.10 Å². The fraction of sp³-hybridized carbons (Fsp3) is 0.333. The maximum absolute atomic E-state index is 4.30. The van der Waals surface area contributed by atoms with Crippen molar-refractivity contribution in [2.24, 2.45) is 0 Å². The second-order valence-electron chi connectivity index (χ2n) is 5.74. The zero-order valence-electron chi connectivity index (χ0n) is 13.9. The standard InChI is InChI=1S/C18H23N5/c1-4-22-13-16(12-21-22)11-20-14(2)17-5-7-18(8-6-17)23-10-9-19-15(23)3/h5-10,12-14,20H,4,11H2,1-3H3/t14-/m1/s1. The second kappa shape index (κ2) is 6.79. The molecule has 2 heterocycles. The summed E-state index contributed by atoms with van der Waals surface area (Å²) in [4.78, 5) is 4.27. The molecule has 1 N–H and O–H groups in total. The van der Waals surface area contributed by atoms with Crippen LogP contribution in [0.5, 0.6) is 0 Å². The highest BCUT2D eigenvalue weighted by Gasteiger charge is 2.07. The zero-order valence-corrected chi connectivity index (χ0v) is 13.9. The first kappa shape index (κ1) is 15.5. The highest BCUT2D eigenvalue weighted by atomic mass is 15.3. The van der Waals surface area contributed by atoms with Crippen LogP contribution in [0.4, 0.5) is 0 Å². The topological polar surface area (TPSA) is 47.7 Å². The zero-order chi connectivity index (χ0) is 16.2. The van der Waals surface area contributed by atoms with E-state index < -0.39 is 0 Å². The highest BCUT2D eigenvalue weighted by molar-refractivity contribution is 5.36. The summed E-state index contributed by atoms with van der Waals surface area (Å²) in [7, 11) is 0. The number of aryl methyl sites for hydroxylation is 2. The van der Waals surface area contributed by atoms with E-state index in [1.807, 2.05) is 30.2 Å². The van der Waals surface area contributed by atoms with Gasteiger partial charge in [0, 0.05) is 49.0 Å². The molecule has 0 spiro atoms. The van der Waals surface area contributed by atoms with E-state index in [0.717, 1.165) is 24.6 Å². The molecule has 3 rings (SSSR count). The molecule has 0 saturated heterocycles. The summed E-state index contributed by atoms with van der Waals surface area (Å²) in [6, 6.07) is 8.90. The molecule has 0 saturated carbocycles. The molecule has 0 amide bonds. The molecule has 1 atom stereocenters. The molecule has 0 aliphatic rings. The van der Waals surface area contributed by atoms with Gasteiger partial charge in [0.05, 0.1) is 6.20 Å². The van der Waals surface area contributed by atoms with Gasteiger partial charge in [0.25, 0.3) is 0 Å². The molecule has 0 fully saturated rings. The minimum Gasteiger partial charge on any atom is -0.306 e. The van der Waals surface area contributed by atoms with Crippen molar-refractivity contribution in [2.75, 3.05) is 0 Å². The van der Waals surface area contributed by atoms with Crippen molar-refractivity contribution >= 4 is 0 Å². The van der Waals surface area contributed by atoms with Gasteiger partial charge in [-0.3, -0.25) is 4.68 Å². The van der Waals surface area contributed by atoms with Crippen LogP contribution in [0.1, 0.15) is 36.8 Å². The molecule has 5 heteroatoms. The van der Waals surface area contributed by atoms with Crippen LogP contribution in [-0.2, 0) is 13.1 Å². The minimum absolute atomic E-state index is 0.290. The number of rotatable bonds is 6. The quantitative estimate of drug-likeness (QED) is 0.760. The molecule has 0 aliphatic heterocycles. The number of benzene rings is 1. The number of nitrogens with one attached hydrogen (secondary N) is 1. The summed E-state index contributed by atoms with van der Waals surface area (Å²) in [5.41, 5.74) is 3.62. The van der Waals surface area contributed by atoms with E-state index in [-0.39, 0.29) is 6.04 Å². The molecule has 0 aliphatic carbocycles. The van der Waals surface area contributed by atoms with Gasteiger partial charge in [-0.1, -0.05) is 12.1 Å². The van der Waals surface area contributed by atoms with Crippen molar-refractivity contribution in [3.63, 3.8) is 0 Å². The molecule has 3 aromatic rings. The number of hydrogen-bond donors (Lipinski definition) is 1. The Morgan fingerprint density at radius 3 is 2.61 bits per heavy atom. The van der Waals surface area contributed by atoms with Crippen molar-refractivity contribution in [3.8, 4) is 5.69 Å². The SMILES string of the molecule is CCn1cc(CN[C@H](C)c2ccc(-n3ccnc3C)cc2)cn1. The Hall–Kier alpha value is -2.40. The van der Waals surface area contributed by atoms with Gasteiger partial charge in [-0.05, 0) is 38.5 Å².